The molecule has 0 saturated heterocycles. The number of methoxy groups -OCH3 is 1. The predicted octanol–water partition coefficient (Wildman–Crippen LogP) is 2.78. The number of allylic oxidation sites excluding steroid dienone is 4. The normalized spacial score (nSPS) is 12.7. The molecule has 3 N–H and O–H groups in total. The van der Waals surface area contributed by atoms with Crippen LogP contribution < -0.4 is 14.6 Å². The van der Waals surface area contributed by atoms with Crippen molar-refractivity contribution in [3.63, 3.8) is 0 Å². The van der Waals surface area contributed by atoms with Crippen LogP contribution in [0.5, 0.6) is 5.75 Å². The Bertz CT molecular complexity index is 1130. The van der Waals surface area contributed by atoms with Gasteiger partial charge in [0.1, 0.15) is 16.7 Å². The summed E-state index contributed by atoms with van der Waals surface area (Å²) in [7, 11) is -2.32. The minimum absolute atomic E-state index is 0.173. The Balaban J connectivity index is 2.27. The van der Waals surface area contributed by atoms with E-state index < -0.39 is 27.9 Å². The highest BCUT2D eigenvalue weighted by Crippen LogP contribution is 2.20. The third-order valence-corrected chi connectivity index (χ3v) is 5.82. The van der Waals surface area contributed by atoms with Gasteiger partial charge in [-0.3, -0.25) is 9.52 Å². The van der Waals surface area contributed by atoms with Crippen LogP contribution in [-0.4, -0.2) is 21.4 Å². The van der Waals surface area contributed by atoms with Crippen LogP contribution in [0.3, 0.4) is 0 Å². The van der Waals surface area contributed by atoms with Crippen molar-refractivity contribution in [2.45, 2.75) is 9.79 Å². The summed E-state index contributed by atoms with van der Waals surface area (Å²) in [6.45, 7) is 7.30. The first-order valence-corrected chi connectivity index (χ1v) is 10.9. The van der Waals surface area contributed by atoms with E-state index in [-0.39, 0.29) is 15.4 Å². The van der Waals surface area contributed by atoms with Crippen LogP contribution in [0.15, 0.2) is 89.2 Å². The molecule has 0 spiro atoms. The van der Waals surface area contributed by atoms with Crippen molar-refractivity contribution in [2.75, 3.05) is 7.11 Å². The van der Waals surface area contributed by atoms with E-state index in [0.717, 1.165) is 0 Å². The van der Waals surface area contributed by atoms with Crippen LogP contribution in [0.1, 0.15) is 15.9 Å². The van der Waals surface area contributed by atoms with Gasteiger partial charge in [0.05, 0.1) is 22.5 Å². The Hall–Kier alpha value is -3.25. The molecule has 0 aliphatic rings. The predicted molar refractivity (Wildman–Crippen MR) is 119 cm³/mol. The molecule has 1 amide bonds. The zero-order valence-corrected chi connectivity index (χ0v) is 17.8. The van der Waals surface area contributed by atoms with Crippen LogP contribution >= 0.6 is 0 Å². The lowest BCUT2D eigenvalue weighted by atomic mass is 10.1. The molecule has 6 nitrogen and oxygen atoms in total. The molecule has 2 aromatic carbocycles. The molecule has 2 aromatic rings. The second-order valence-corrected chi connectivity index (χ2v) is 7.89. The van der Waals surface area contributed by atoms with Gasteiger partial charge in [-0.25, -0.2) is 13.6 Å². The monoisotopic (exact) mass is 440 g/mol. The lowest BCUT2D eigenvalue weighted by Crippen LogP contribution is -2.26. The van der Waals surface area contributed by atoms with Gasteiger partial charge in [-0.05, 0) is 36.4 Å². The number of nitrogens with two attached hydrogens (primary N) is 1. The molecule has 0 aliphatic carbocycles. The number of hydrogen-bond donors (Lipinski definition) is 2. The highest BCUT2D eigenvalue weighted by molar-refractivity contribution is 7.86. The summed E-state index contributed by atoms with van der Waals surface area (Å²) < 4.78 is 31.9. The highest BCUT2D eigenvalue weighted by Gasteiger charge is 2.17. The summed E-state index contributed by atoms with van der Waals surface area (Å²) in [6.07, 6.45) is 4.93. The molecule has 2 atom stereocenters. The molecule has 0 fully saturated rings. The summed E-state index contributed by atoms with van der Waals surface area (Å²) in [5.74, 6) is 5.67. The maximum absolute atomic E-state index is 12.6. The van der Waals surface area contributed by atoms with Gasteiger partial charge in [-0.2, -0.15) is 0 Å². The fourth-order valence-corrected chi connectivity index (χ4v) is 4.13. The number of nitrogens with one attached hydrogen (secondary N) is 1. The lowest BCUT2D eigenvalue weighted by Gasteiger charge is -2.10. The minimum Gasteiger partial charge on any atom is -0.495 e. The van der Waals surface area contributed by atoms with E-state index in [2.05, 4.69) is 29.7 Å². The molecular formula is C22H20N2O4S2. The van der Waals surface area contributed by atoms with E-state index in [1.54, 1.807) is 36.4 Å². The van der Waals surface area contributed by atoms with Crippen molar-refractivity contribution < 1.29 is 17.9 Å². The molecule has 2 rings (SSSR count). The average Bonchev–Trinajstić information content (AvgIpc) is 2.76. The Labute approximate surface area is 180 Å². The number of amides is 1. The highest BCUT2D eigenvalue weighted by atomic mass is 32.2. The van der Waals surface area contributed by atoms with Crippen molar-refractivity contribution in [2.24, 2.45) is 5.14 Å². The minimum atomic E-state index is -1.94. The van der Waals surface area contributed by atoms with Gasteiger partial charge in [0.2, 0.25) is 0 Å². The fourth-order valence-electron chi connectivity index (χ4n) is 2.33. The molecule has 0 aromatic heterocycles. The summed E-state index contributed by atoms with van der Waals surface area (Å²) in [4.78, 5) is 12.9. The number of ether oxygens (including phenoxy) is 1. The molecule has 0 bridgehead atoms. The second-order valence-electron chi connectivity index (χ2n) is 5.67. The van der Waals surface area contributed by atoms with E-state index in [4.69, 9.17) is 9.88 Å². The first-order chi connectivity index (χ1) is 14.4. The van der Waals surface area contributed by atoms with Crippen molar-refractivity contribution >= 4 is 27.9 Å². The maximum Gasteiger partial charge on any atom is 0.263 e. The van der Waals surface area contributed by atoms with Crippen LogP contribution in [0.4, 0.5) is 0 Å². The largest absolute Gasteiger partial charge is 0.495 e. The first-order valence-electron chi connectivity index (χ1n) is 8.54. The Morgan fingerprint density at radius 1 is 1.17 bits per heavy atom. The number of benzene rings is 2. The molecule has 0 radical (unpaired) electrons. The Morgan fingerprint density at radius 2 is 1.87 bits per heavy atom. The Morgan fingerprint density at radius 3 is 2.47 bits per heavy atom. The van der Waals surface area contributed by atoms with Gasteiger partial charge in [0, 0.05) is 11.1 Å². The van der Waals surface area contributed by atoms with E-state index in [1.807, 2.05) is 0 Å². The van der Waals surface area contributed by atoms with E-state index in [0.29, 0.717) is 16.9 Å². The van der Waals surface area contributed by atoms with Gasteiger partial charge < -0.3 is 4.74 Å². The zero-order valence-electron chi connectivity index (χ0n) is 16.2. The standard InChI is InChI=1S/C22H20N2O4S2/c1-4-8-16(5-2)11-12-17-13-14-18(15-19(17)28-3)22(25)24-30(27)21-10-7-6-9-20(21)29(23)26/h4-10,13-15H,1-2,23H2,3H3,(H,24,25)/b16-8+. The van der Waals surface area contributed by atoms with Crippen LogP contribution in [0, 0.1) is 11.8 Å². The SMILES string of the molecule is C=C/C=C(/C#Cc1ccc(C(=O)NS(=O)c2ccccc2S(N)=O)cc1OC)C=C. The topological polar surface area (TPSA) is 98.5 Å². The average molecular weight is 441 g/mol. The second kappa shape index (κ2) is 11.1. The van der Waals surface area contributed by atoms with Gasteiger partial charge in [-0.15, -0.1) is 0 Å². The van der Waals surface area contributed by atoms with Crippen molar-refractivity contribution in [1.82, 2.24) is 4.72 Å². The molecular weight excluding hydrogens is 420 g/mol. The van der Waals surface area contributed by atoms with Crippen LogP contribution in [-0.2, 0) is 22.0 Å². The summed E-state index contributed by atoms with van der Waals surface area (Å²) in [5.41, 5.74) is 1.47. The maximum atomic E-state index is 12.6. The number of carbonyl (C=O) groups is 1. The van der Waals surface area contributed by atoms with Crippen molar-refractivity contribution in [3.8, 4) is 17.6 Å². The van der Waals surface area contributed by atoms with Gasteiger partial charge in [0.25, 0.3) is 5.91 Å². The summed E-state index contributed by atoms with van der Waals surface area (Å²) >= 11 is 0. The van der Waals surface area contributed by atoms with E-state index in [1.165, 1.54) is 31.4 Å². The first kappa shape index (κ1) is 23.0. The van der Waals surface area contributed by atoms with Crippen molar-refractivity contribution in [1.29, 1.82) is 0 Å². The van der Waals surface area contributed by atoms with Crippen LogP contribution in [0.25, 0.3) is 0 Å². The fraction of sp³-hybridized carbons (Fsp3) is 0.0455. The number of rotatable bonds is 7. The molecule has 8 heteroatoms. The number of hydrogen-bond acceptors (Lipinski definition) is 4. The summed E-state index contributed by atoms with van der Waals surface area (Å²) in [6, 6.07) is 10.9. The van der Waals surface area contributed by atoms with E-state index >= 15 is 0 Å². The molecule has 154 valence electrons. The van der Waals surface area contributed by atoms with Gasteiger partial charge in [0.15, 0.2) is 11.0 Å². The molecule has 30 heavy (non-hydrogen) atoms. The summed E-state index contributed by atoms with van der Waals surface area (Å²) in [5, 5.41) is 5.41. The van der Waals surface area contributed by atoms with Gasteiger partial charge in [-0.1, -0.05) is 49.3 Å². The van der Waals surface area contributed by atoms with E-state index in [9.17, 15) is 13.2 Å². The zero-order chi connectivity index (χ0) is 22.1. The van der Waals surface area contributed by atoms with Crippen LogP contribution in [0.2, 0.25) is 0 Å². The third kappa shape index (κ3) is 5.87. The molecule has 0 aliphatic heterocycles. The number of carbonyl (C=O) groups excluding carboxylic acids is 1. The lowest BCUT2D eigenvalue weighted by molar-refractivity contribution is 0.0982. The molecule has 0 heterocycles. The third-order valence-electron chi connectivity index (χ3n) is 3.77. The van der Waals surface area contributed by atoms with Crippen molar-refractivity contribution in [3.05, 3.63) is 90.6 Å². The Kier molecular flexibility index (Phi) is 8.50. The molecule has 2 unspecified atom stereocenters. The quantitative estimate of drug-likeness (QED) is 0.511. The smallest absolute Gasteiger partial charge is 0.263 e. The van der Waals surface area contributed by atoms with Gasteiger partial charge >= 0.3 is 0 Å². The molecule has 0 saturated carbocycles.